The van der Waals surface area contributed by atoms with E-state index in [1.54, 1.807) is 48.5 Å². The van der Waals surface area contributed by atoms with Gasteiger partial charge in [0.1, 0.15) is 5.75 Å². The molecule has 2 rings (SSSR count). The maximum absolute atomic E-state index is 12.4. The highest BCUT2D eigenvalue weighted by molar-refractivity contribution is 5.99. The Kier molecular flexibility index (Phi) is 6.11. The molecule has 0 heterocycles. The Morgan fingerprint density at radius 2 is 1.72 bits per heavy atom. The van der Waals surface area contributed by atoms with Crippen LogP contribution in [0.3, 0.4) is 0 Å². The molecular weight excluding hydrogens is 324 g/mol. The highest BCUT2D eigenvalue weighted by atomic mass is 16.5. The molecular formula is C18H18N2O5. The van der Waals surface area contributed by atoms with Crippen LogP contribution in [0.4, 0.5) is 4.79 Å². The number of imide groups is 1. The van der Waals surface area contributed by atoms with Gasteiger partial charge in [0.25, 0.3) is 5.91 Å². The van der Waals surface area contributed by atoms with Crippen LogP contribution in [0.15, 0.2) is 54.6 Å². The molecule has 0 aliphatic carbocycles. The molecule has 0 radical (unpaired) electrons. The van der Waals surface area contributed by atoms with Crippen LogP contribution < -0.4 is 15.4 Å². The van der Waals surface area contributed by atoms with Crippen LogP contribution in [-0.4, -0.2) is 32.1 Å². The van der Waals surface area contributed by atoms with Crippen LogP contribution in [0, 0.1) is 0 Å². The number of rotatable bonds is 5. The fourth-order valence-electron chi connectivity index (χ4n) is 2.07. The zero-order chi connectivity index (χ0) is 18.2. The predicted octanol–water partition coefficient (Wildman–Crippen LogP) is 2.05. The first-order valence-electron chi connectivity index (χ1n) is 7.47. The molecule has 0 spiro atoms. The van der Waals surface area contributed by atoms with Crippen molar-refractivity contribution >= 4 is 17.9 Å². The fraction of sp³-hybridized carbons (Fsp3) is 0.167. The SMILES string of the molecule is CNC(=O)NC(=O)[C@@H](OC(=O)c1cccc(OC)c1)c1ccccc1. The molecule has 1 atom stereocenters. The molecule has 2 aromatic carbocycles. The molecule has 2 aromatic rings. The van der Waals surface area contributed by atoms with Crippen LogP contribution in [-0.2, 0) is 9.53 Å². The lowest BCUT2D eigenvalue weighted by atomic mass is 10.1. The molecule has 0 saturated heterocycles. The molecule has 0 aliphatic rings. The maximum Gasteiger partial charge on any atom is 0.339 e. The number of hydrogen-bond donors (Lipinski definition) is 2. The van der Waals surface area contributed by atoms with Crippen LogP contribution >= 0.6 is 0 Å². The summed E-state index contributed by atoms with van der Waals surface area (Å²) in [5.74, 6) is -0.970. The standard InChI is InChI=1S/C18H18N2O5/c1-19-18(23)20-16(21)15(12-7-4-3-5-8-12)25-17(22)13-9-6-10-14(11-13)24-2/h3-11,15H,1-2H3,(H2,19,20,21,23)/t15-/m0/s1. The Balaban J connectivity index is 2.24. The molecule has 7 nitrogen and oxygen atoms in total. The lowest BCUT2D eigenvalue weighted by Crippen LogP contribution is -2.41. The normalized spacial score (nSPS) is 11.1. The summed E-state index contributed by atoms with van der Waals surface area (Å²) >= 11 is 0. The van der Waals surface area contributed by atoms with Crippen LogP contribution in [0.1, 0.15) is 22.0 Å². The van der Waals surface area contributed by atoms with Gasteiger partial charge in [-0.15, -0.1) is 0 Å². The highest BCUT2D eigenvalue weighted by Gasteiger charge is 2.27. The van der Waals surface area contributed by atoms with Crippen molar-refractivity contribution < 1.29 is 23.9 Å². The molecule has 0 bridgehead atoms. The van der Waals surface area contributed by atoms with E-state index in [1.807, 2.05) is 0 Å². The average Bonchev–Trinajstić information content (AvgIpc) is 2.66. The summed E-state index contributed by atoms with van der Waals surface area (Å²) in [6, 6.07) is 14.1. The fourth-order valence-corrected chi connectivity index (χ4v) is 2.07. The van der Waals surface area contributed by atoms with Gasteiger partial charge in [-0.1, -0.05) is 36.4 Å². The van der Waals surface area contributed by atoms with Crippen molar-refractivity contribution in [3.8, 4) is 5.75 Å². The van der Waals surface area contributed by atoms with Gasteiger partial charge in [-0.05, 0) is 18.2 Å². The number of esters is 1. The molecule has 0 unspecified atom stereocenters. The summed E-state index contributed by atoms with van der Waals surface area (Å²) < 4.78 is 10.4. The number of amides is 3. The number of hydrogen-bond acceptors (Lipinski definition) is 5. The third-order valence-electron chi connectivity index (χ3n) is 3.33. The molecule has 0 saturated carbocycles. The molecule has 7 heteroatoms. The van der Waals surface area contributed by atoms with Gasteiger partial charge in [0.2, 0.25) is 6.10 Å². The molecule has 0 aromatic heterocycles. The first-order valence-corrected chi connectivity index (χ1v) is 7.47. The zero-order valence-corrected chi connectivity index (χ0v) is 13.8. The summed E-state index contributed by atoms with van der Waals surface area (Å²) in [4.78, 5) is 36.1. The first-order chi connectivity index (χ1) is 12.0. The second-order valence-corrected chi connectivity index (χ2v) is 5.00. The van der Waals surface area contributed by atoms with Crippen LogP contribution in [0.2, 0.25) is 0 Å². The van der Waals surface area contributed by atoms with Gasteiger partial charge < -0.3 is 14.8 Å². The minimum Gasteiger partial charge on any atom is -0.497 e. The smallest absolute Gasteiger partial charge is 0.339 e. The van der Waals surface area contributed by atoms with E-state index in [0.717, 1.165) is 0 Å². The maximum atomic E-state index is 12.4. The van der Waals surface area contributed by atoms with Gasteiger partial charge in [-0.2, -0.15) is 0 Å². The second kappa shape index (κ2) is 8.49. The molecule has 3 amide bonds. The summed E-state index contributed by atoms with van der Waals surface area (Å²) in [6.45, 7) is 0. The lowest BCUT2D eigenvalue weighted by Gasteiger charge is -2.17. The van der Waals surface area contributed by atoms with Gasteiger partial charge in [-0.3, -0.25) is 10.1 Å². The van der Waals surface area contributed by atoms with Crippen molar-refractivity contribution in [1.82, 2.24) is 10.6 Å². The minimum absolute atomic E-state index is 0.230. The van der Waals surface area contributed by atoms with Crippen molar-refractivity contribution in [2.24, 2.45) is 0 Å². The van der Waals surface area contributed by atoms with Crippen LogP contribution in [0.25, 0.3) is 0 Å². The van der Waals surface area contributed by atoms with E-state index in [1.165, 1.54) is 20.2 Å². The summed E-state index contributed by atoms with van der Waals surface area (Å²) in [5, 5.41) is 4.39. The number of ether oxygens (including phenoxy) is 2. The third-order valence-corrected chi connectivity index (χ3v) is 3.33. The van der Waals surface area contributed by atoms with E-state index in [4.69, 9.17) is 9.47 Å². The van der Waals surface area contributed by atoms with E-state index in [2.05, 4.69) is 10.6 Å². The summed E-state index contributed by atoms with van der Waals surface area (Å²) in [7, 11) is 2.86. The van der Waals surface area contributed by atoms with Crippen LogP contribution in [0.5, 0.6) is 5.75 Å². The van der Waals surface area contributed by atoms with E-state index in [-0.39, 0.29) is 5.56 Å². The van der Waals surface area contributed by atoms with Crippen molar-refractivity contribution in [2.45, 2.75) is 6.10 Å². The van der Waals surface area contributed by atoms with Gasteiger partial charge in [0, 0.05) is 12.6 Å². The molecule has 130 valence electrons. The lowest BCUT2D eigenvalue weighted by molar-refractivity contribution is -0.129. The molecule has 0 fully saturated rings. The Morgan fingerprint density at radius 1 is 1.00 bits per heavy atom. The van der Waals surface area contributed by atoms with Gasteiger partial charge in [-0.25, -0.2) is 9.59 Å². The van der Waals surface area contributed by atoms with Crippen molar-refractivity contribution in [3.63, 3.8) is 0 Å². The van der Waals surface area contributed by atoms with E-state index in [9.17, 15) is 14.4 Å². The van der Waals surface area contributed by atoms with Crippen molar-refractivity contribution in [1.29, 1.82) is 0 Å². The number of nitrogens with one attached hydrogen (secondary N) is 2. The number of benzene rings is 2. The second-order valence-electron chi connectivity index (χ2n) is 5.00. The van der Waals surface area contributed by atoms with Gasteiger partial charge in [0.15, 0.2) is 0 Å². The Bertz CT molecular complexity index is 761. The third kappa shape index (κ3) is 4.81. The van der Waals surface area contributed by atoms with E-state index < -0.39 is 24.0 Å². The summed E-state index contributed by atoms with van der Waals surface area (Å²) in [6.07, 6.45) is -1.27. The average molecular weight is 342 g/mol. The van der Waals surface area contributed by atoms with Crippen molar-refractivity contribution in [3.05, 3.63) is 65.7 Å². The monoisotopic (exact) mass is 342 g/mol. The Hall–Kier alpha value is -3.35. The van der Waals surface area contributed by atoms with Crippen molar-refractivity contribution in [2.75, 3.05) is 14.2 Å². The number of carbonyl (C=O) groups is 3. The largest absolute Gasteiger partial charge is 0.497 e. The number of carbonyl (C=O) groups excluding carboxylic acids is 3. The topological polar surface area (TPSA) is 93.7 Å². The van der Waals surface area contributed by atoms with E-state index >= 15 is 0 Å². The number of methoxy groups -OCH3 is 1. The molecule has 25 heavy (non-hydrogen) atoms. The quantitative estimate of drug-likeness (QED) is 0.811. The Labute approximate surface area is 144 Å². The zero-order valence-electron chi connectivity index (χ0n) is 13.8. The highest BCUT2D eigenvalue weighted by Crippen LogP contribution is 2.21. The van der Waals surface area contributed by atoms with E-state index in [0.29, 0.717) is 11.3 Å². The Morgan fingerprint density at radius 3 is 2.36 bits per heavy atom. The molecule has 2 N–H and O–H groups in total. The minimum atomic E-state index is -1.27. The number of urea groups is 1. The predicted molar refractivity (Wildman–Crippen MR) is 90.2 cm³/mol. The van der Waals surface area contributed by atoms with Gasteiger partial charge in [0.05, 0.1) is 12.7 Å². The molecule has 0 aliphatic heterocycles. The first kappa shape index (κ1) is 18.0. The summed E-state index contributed by atoms with van der Waals surface area (Å²) in [5.41, 5.74) is 0.674. The van der Waals surface area contributed by atoms with Gasteiger partial charge >= 0.3 is 12.0 Å².